The van der Waals surface area contributed by atoms with Gasteiger partial charge in [0, 0.05) is 12.0 Å². The average Bonchev–Trinajstić information content (AvgIpc) is 2.31. The van der Waals surface area contributed by atoms with Crippen LogP contribution in [0.25, 0.3) is 0 Å². The first-order chi connectivity index (χ1) is 8.59. The normalized spacial score (nSPS) is 17.2. The maximum Gasteiger partial charge on any atom is 0.179 e. The van der Waals surface area contributed by atoms with Crippen molar-refractivity contribution in [3.63, 3.8) is 0 Å². The summed E-state index contributed by atoms with van der Waals surface area (Å²) in [6.07, 6.45) is 3.47. The zero-order valence-corrected chi connectivity index (χ0v) is 11.9. The van der Waals surface area contributed by atoms with E-state index in [0.29, 0.717) is 17.3 Å². The fraction of sp³-hybridized carbons (Fsp3) is 0.571. The summed E-state index contributed by atoms with van der Waals surface area (Å²) < 4.78 is 10.8. The second-order valence-corrected chi connectivity index (χ2v) is 5.34. The molecule has 1 aromatic rings. The molecule has 2 rings (SSSR count). The molecule has 1 saturated carbocycles. The third-order valence-corrected chi connectivity index (χ3v) is 4.40. The Hall–Kier alpha value is -0.930. The lowest BCUT2D eigenvalue weighted by molar-refractivity contribution is 0.250. The second kappa shape index (κ2) is 4.98. The van der Waals surface area contributed by atoms with Gasteiger partial charge in [0.05, 0.1) is 19.2 Å². The Balaban J connectivity index is 2.59. The van der Waals surface area contributed by atoms with E-state index >= 15 is 0 Å². The van der Waals surface area contributed by atoms with E-state index in [9.17, 15) is 0 Å². The first-order valence-electron chi connectivity index (χ1n) is 6.21. The molecule has 0 heterocycles. The van der Waals surface area contributed by atoms with Gasteiger partial charge in [0.1, 0.15) is 0 Å². The summed E-state index contributed by atoms with van der Waals surface area (Å²) in [5, 5.41) is 0.592. The summed E-state index contributed by atoms with van der Waals surface area (Å²) in [4.78, 5) is 0. The Morgan fingerprint density at radius 1 is 1.28 bits per heavy atom. The zero-order chi connectivity index (χ0) is 13.3. The third-order valence-electron chi connectivity index (χ3n) is 4.12. The maximum atomic E-state index is 6.28. The van der Waals surface area contributed by atoms with Crippen LogP contribution in [0.2, 0.25) is 5.02 Å². The van der Waals surface area contributed by atoms with Crippen LogP contribution in [0.4, 0.5) is 0 Å². The Kier molecular flexibility index (Phi) is 3.74. The van der Waals surface area contributed by atoms with Crippen LogP contribution in [0.15, 0.2) is 6.07 Å². The van der Waals surface area contributed by atoms with Crippen LogP contribution in [0, 0.1) is 6.92 Å². The van der Waals surface area contributed by atoms with Crippen molar-refractivity contribution in [3.05, 3.63) is 22.2 Å². The van der Waals surface area contributed by atoms with Crippen LogP contribution >= 0.6 is 11.6 Å². The van der Waals surface area contributed by atoms with Crippen molar-refractivity contribution in [1.29, 1.82) is 0 Å². The molecular weight excluding hydrogens is 250 g/mol. The topological polar surface area (TPSA) is 44.5 Å². The van der Waals surface area contributed by atoms with Gasteiger partial charge >= 0.3 is 0 Å². The molecule has 0 radical (unpaired) electrons. The van der Waals surface area contributed by atoms with Gasteiger partial charge in [-0.1, -0.05) is 18.0 Å². The quantitative estimate of drug-likeness (QED) is 0.914. The molecule has 0 amide bonds. The van der Waals surface area contributed by atoms with E-state index in [4.69, 9.17) is 26.8 Å². The largest absolute Gasteiger partial charge is 0.493 e. The molecule has 1 aliphatic rings. The smallest absolute Gasteiger partial charge is 0.179 e. The zero-order valence-electron chi connectivity index (χ0n) is 11.2. The number of rotatable bonds is 4. The Morgan fingerprint density at radius 2 is 1.89 bits per heavy atom. The standard InChI is InChI=1S/C14H20ClNO2/c1-9-10(14(8-16)5-4-6-14)7-11(15)13(18-3)12(9)17-2/h7H,4-6,8,16H2,1-3H3. The highest BCUT2D eigenvalue weighted by atomic mass is 35.5. The molecule has 18 heavy (non-hydrogen) atoms. The molecule has 2 N–H and O–H groups in total. The minimum absolute atomic E-state index is 0.0767. The third kappa shape index (κ3) is 1.86. The summed E-state index contributed by atoms with van der Waals surface area (Å²) in [6, 6.07) is 1.99. The molecule has 0 atom stereocenters. The molecule has 1 aliphatic carbocycles. The number of ether oxygens (including phenoxy) is 2. The first-order valence-corrected chi connectivity index (χ1v) is 6.59. The van der Waals surface area contributed by atoms with E-state index < -0.39 is 0 Å². The molecule has 0 bridgehead atoms. The van der Waals surface area contributed by atoms with Crippen LogP contribution < -0.4 is 15.2 Å². The van der Waals surface area contributed by atoms with E-state index in [-0.39, 0.29) is 5.41 Å². The Labute approximate surface area is 113 Å². The summed E-state index contributed by atoms with van der Waals surface area (Å²) in [5.74, 6) is 1.33. The molecule has 0 spiro atoms. The van der Waals surface area contributed by atoms with Crippen LogP contribution in [0.5, 0.6) is 11.5 Å². The first kappa shape index (κ1) is 13.5. The highest BCUT2D eigenvalue weighted by Crippen LogP contribution is 2.49. The fourth-order valence-corrected chi connectivity index (χ4v) is 3.15. The van der Waals surface area contributed by atoms with Crippen LogP contribution in [-0.4, -0.2) is 20.8 Å². The molecule has 0 aliphatic heterocycles. The molecular formula is C14H20ClNO2. The van der Waals surface area contributed by atoms with E-state index in [1.54, 1.807) is 14.2 Å². The van der Waals surface area contributed by atoms with Crippen molar-refractivity contribution >= 4 is 11.6 Å². The van der Waals surface area contributed by atoms with E-state index in [2.05, 4.69) is 0 Å². The number of nitrogens with two attached hydrogens (primary N) is 1. The van der Waals surface area contributed by atoms with Crippen molar-refractivity contribution in [1.82, 2.24) is 0 Å². The monoisotopic (exact) mass is 269 g/mol. The van der Waals surface area contributed by atoms with Gasteiger partial charge in [-0.25, -0.2) is 0 Å². The SMILES string of the molecule is COc1c(Cl)cc(C2(CN)CCC2)c(C)c1OC. The molecule has 1 aromatic carbocycles. The highest BCUT2D eigenvalue weighted by Gasteiger charge is 2.39. The maximum absolute atomic E-state index is 6.28. The molecule has 0 unspecified atom stereocenters. The van der Waals surface area contributed by atoms with E-state index in [1.807, 2.05) is 13.0 Å². The van der Waals surface area contributed by atoms with Gasteiger partial charge in [0.15, 0.2) is 11.5 Å². The van der Waals surface area contributed by atoms with Crippen molar-refractivity contribution in [3.8, 4) is 11.5 Å². The van der Waals surface area contributed by atoms with E-state index in [1.165, 1.54) is 12.0 Å². The number of hydrogen-bond donors (Lipinski definition) is 1. The molecule has 3 nitrogen and oxygen atoms in total. The predicted octanol–water partition coefficient (Wildman–Crippen LogP) is 3.05. The van der Waals surface area contributed by atoms with Gasteiger partial charge in [-0.15, -0.1) is 0 Å². The molecule has 4 heteroatoms. The van der Waals surface area contributed by atoms with Gasteiger partial charge < -0.3 is 15.2 Å². The Bertz CT molecular complexity index is 450. The van der Waals surface area contributed by atoms with Crippen molar-refractivity contribution in [2.24, 2.45) is 5.73 Å². The van der Waals surface area contributed by atoms with Gasteiger partial charge in [-0.2, -0.15) is 0 Å². The predicted molar refractivity (Wildman–Crippen MR) is 73.9 cm³/mol. The van der Waals surface area contributed by atoms with Crippen molar-refractivity contribution < 1.29 is 9.47 Å². The lowest BCUT2D eigenvalue weighted by atomic mass is 9.63. The lowest BCUT2D eigenvalue weighted by Gasteiger charge is -2.43. The van der Waals surface area contributed by atoms with Crippen molar-refractivity contribution in [2.45, 2.75) is 31.6 Å². The number of methoxy groups -OCH3 is 2. The Morgan fingerprint density at radius 3 is 2.28 bits per heavy atom. The minimum Gasteiger partial charge on any atom is -0.493 e. The average molecular weight is 270 g/mol. The van der Waals surface area contributed by atoms with Gasteiger partial charge in [0.25, 0.3) is 0 Å². The van der Waals surface area contributed by atoms with Crippen LogP contribution in [0.3, 0.4) is 0 Å². The van der Waals surface area contributed by atoms with Gasteiger partial charge in [-0.05, 0) is 37.0 Å². The molecule has 1 fully saturated rings. The van der Waals surface area contributed by atoms with Gasteiger partial charge in [-0.3, -0.25) is 0 Å². The summed E-state index contributed by atoms with van der Waals surface area (Å²) in [7, 11) is 3.24. The molecule has 0 aromatic heterocycles. The lowest BCUT2D eigenvalue weighted by Crippen LogP contribution is -2.42. The summed E-state index contributed by atoms with van der Waals surface area (Å²) in [6.45, 7) is 2.70. The fourth-order valence-electron chi connectivity index (χ4n) is 2.88. The van der Waals surface area contributed by atoms with Crippen LogP contribution in [0.1, 0.15) is 30.4 Å². The summed E-state index contributed by atoms with van der Waals surface area (Å²) in [5.41, 5.74) is 8.34. The van der Waals surface area contributed by atoms with Crippen LogP contribution in [-0.2, 0) is 5.41 Å². The highest BCUT2D eigenvalue weighted by molar-refractivity contribution is 6.32. The number of halogens is 1. The van der Waals surface area contributed by atoms with Gasteiger partial charge in [0.2, 0.25) is 0 Å². The molecule has 0 saturated heterocycles. The number of benzene rings is 1. The second-order valence-electron chi connectivity index (χ2n) is 4.94. The van der Waals surface area contributed by atoms with E-state index in [0.717, 1.165) is 24.2 Å². The minimum atomic E-state index is 0.0767. The number of hydrogen-bond acceptors (Lipinski definition) is 3. The molecule has 100 valence electrons. The summed E-state index contributed by atoms with van der Waals surface area (Å²) >= 11 is 6.28. The van der Waals surface area contributed by atoms with Crippen molar-refractivity contribution in [2.75, 3.05) is 20.8 Å².